The molecule has 3 rings (SSSR count). The summed E-state index contributed by atoms with van der Waals surface area (Å²) in [6, 6.07) is 0. The normalized spacial score (nSPS) is 16.3. The van der Waals surface area contributed by atoms with Gasteiger partial charge in [0.1, 0.15) is 10.8 Å². The lowest BCUT2D eigenvalue weighted by molar-refractivity contribution is 0.314. The molecule has 0 aliphatic carbocycles. The molecule has 5 nitrogen and oxygen atoms in total. The maximum atomic E-state index is 5.80. The zero-order chi connectivity index (χ0) is 11.1. The molecule has 0 saturated heterocycles. The third-order valence-electron chi connectivity index (χ3n) is 2.82. The minimum atomic E-state index is 0.597. The molecule has 1 aliphatic rings. The molecule has 0 fully saturated rings. The van der Waals surface area contributed by atoms with Gasteiger partial charge in [-0.15, -0.1) is 11.3 Å². The summed E-state index contributed by atoms with van der Waals surface area (Å²) in [5.74, 6) is 0.597. The average molecular weight is 235 g/mol. The van der Waals surface area contributed by atoms with E-state index in [1.54, 1.807) is 17.5 Å². The van der Waals surface area contributed by atoms with Crippen LogP contribution in [0.25, 0.3) is 10.6 Å². The fraction of sp³-hybridized carbons (Fsp3) is 0.400. The minimum Gasteiger partial charge on any atom is -0.383 e. The SMILES string of the molecule is CN1CCc2nc(-c3cn[nH]c3N)sc2C1. The number of nitrogens with two attached hydrogens (primary N) is 1. The highest BCUT2D eigenvalue weighted by molar-refractivity contribution is 7.15. The van der Waals surface area contributed by atoms with Gasteiger partial charge in [0.15, 0.2) is 0 Å². The largest absolute Gasteiger partial charge is 0.383 e. The van der Waals surface area contributed by atoms with E-state index in [2.05, 4.69) is 27.1 Å². The number of hydrogen-bond donors (Lipinski definition) is 2. The molecule has 1 aliphatic heterocycles. The summed E-state index contributed by atoms with van der Waals surface area (Å²) in [4.78, 5) is 8.30. The van der Waals surface area contributed by atoms with E-state index < -0.39 is 0 Å². The van der Waals surface area contributed by atoms with E-state index in [-0.39, 0.29) is 0 Å². The second-order valence-corrected chi connectivity index (χ2v) is 5.16. The number of nitrogens with zero attached hydrogens (tertiary/aromatic N) is 3. The Labute approximate surface area is 97.3 Å². The first-order valence-electron chi connectivity index (χ1n) is 5.20. The lowest BCUT2D eigenvalue weighted by Gasteiger charge is -2.20. The van der Waals surface area contributed by atoms with Gasteiger partial charge < -0.3 is 10.6 Å². The average Bonchev–Trinajstić information content (AvgIpc) is 2.82. The Balaban J connectivity index is 2.02. The maximum absolute atomic E-state index is 5.80. The summed E-state index contributed by atoms with van der Waals surface area (Å²) in [6.07, 6.45) is 2.77. The summed E-state index contributed by atoms with van der Waals surface area (Å²) in [5.41, 5.74) is 7.94. The lowest BCUT2D eigenvalue weighted by atomic mass is 10.2. The summed E-state index contributed by atoms with van der Waals surface area (Å²) in [5, 5.41) is 7.64. The van der Waals surface area contributed by atoms with Gasteiger partial charge in [0.25, 0.3) is 0 Å². The fourth-order valence-electron chi connectivity index (χ4n) is 1.90. The molecule has 0 aromatic carbocycles. The number of aromatic amines is 1. The van der Waals surface area contributed by atoms with Crippen LogP contribution in [0.1, 0.15) is 10.6 Å². The topological polar surface area (TPSA) is 70.8 Å². The van der Waals surface area contributed by atoms with E-state index in [4.69, 9.17) is 5.73 Å². The Morgan fingerprint density at radius 2 is 2.44 bits per heavy atom. The van der Waals surface area contributed by atoms with E-state index >= 15 is 0 Å². The molecular weight excluding hydrogens is 222 g/mol. The van der Waals surface area contributed by atoms with Gasteiger partial charge in [0.2, 0.25) is 0 Å². The van der Waals surface area contributed by atoms with E-state index in [1.165, 1.54) is 10.6 Å². The van der Waals surface area contributed by atoms with Crippen molar-refractivity contribution in [1.82, 2.24) is 20.1 Å². The van der Waals surface area contributed by atoms with Gasteiger partial charge in [0.05, 0.1) is 17.5 Å². The van der Waals surface area contributed by atoms with E-state index in [9.17, 15) is 0 Å². The van der Waals surface area contributed by atoms with E-state index in [0.29, 0.717) is 5.82 Å². The second-order valence-electron chi connectivity index (χ2n) is 4.07. The Morgan fingerprint density at radius 3 is 3.19 bits per heavy atom. The number of hydrogen-bond acceptors (Lipinski definition) is 5. The Bertz CT molecular complexity index is 515. The molecule has 6 heteroatoms. The van der Waals surface area contributed by atoms with Gasteiger partial charge >= 0.3 is 0 Å². The van der Waals surface area contributed by atoms with Crippen molar-refractivity contribution < 1.29 is 0 Å². The summed E-state index contributed by atoms with van der Waals surface area (Å²) < 4.78 is 0. The van der Waals surface area contributed by atoms with Gasteiger partial charge in [-0.1, -0.05) is 0 Å². The Hall–Kier alpha value is -1.40. The zero-order valence-corrected chi connectivity index (χ0v) is 9.84. The van der Waals surface area contributed by atoms with Crippen LogP contribution in [0.5, 0.6) is 0 Å². The number of rotatable bonds is 1. The van der Waals surface area contributed by atoms with Crippen LogP contribution in [0, 0.1) is 0 Å². The number of thiazole rings is 1. The van der Waals surface area contributed by atoms with Crippen molar-refractivity contribution in [1.29, 1.82) is 0 Å². The molecule has 16 heavy (non-hydrogen) atoms. The molecule has 3 heterocycles. The fourth-order valence-corrected chi connectivity index (χ4v) is 3.12. The Kier molecular flexibility index (Phi) is 2.19. The number of nitrogen functional groups attached to an aromatic ring is 1. The highest BCUT2D eigenvalue weighted by atomic mass is 32.1. The minimum absolute atomic E-state index is 0.597. The van der Waals surface area contributed by atoms with Crippen LogP contribution < -0.4 is 5.73 Å². The van der Waals surface area contributed by atoms with Crippen LogP contribution in [-0.4, -0.2) is 33.7 Å². The quantitative estimate of drug-likeness (QED) is 0.776. The van der Waals surface area contributed by atoms with Gasteiger partial charge in [0, 0.05) is 24.4 Å². The standard InChI is InChI=1S/C10H13N5S/c1-15-3-2-7-8(5-15)16-10(13-7)6-4-12-14-9(6)11/h4H,2-3,5H2,1H3,(H3,11,12,14). The molecule has 3 N–H and O–H groups in total. The predicted octanol–water partition coefficient (Wildman–Crippen LogP) is 1.10. The van der Waals surface area contributed by atoms with Crippen molar-refractivity contribution >= 4 is 17.2 Å². The van der Waals surface area contributed by atoms with Crippen molar-refractivity contribution in [3.05, 3.63) is 16.8 Å². The number of likely N-dealkylation sites (N-methyl/N-ethyl adjacent to an activating group) is 1. The zero-order valence-electron chi connectivity index (χ0n) is 9.03. The molecule has 0 saturated carbocycles. The van der Waals surface area contributed by atoms with Gasteiger partial charge in [-0.3, -0.25) is 5.10 Å². The molecule has 0 spiro atoms. The maximum Gasteiger partial charge on any atom is 0.129 e. The highest BCUT2D eigenvalue weighted by Gasteiger charge is 2.20. The number of nitrogens with one attached hydrogen (secondary N) is 1. The molecule has 0 unspecified atom stereocenters. The molecule has 0 atom stereocenters. The van der Waals surface area contributed by atoms with Crippen LogP contribution in [-0.2, 0) is 13.0 Å². The van der Waals surface area contributed by atoms with Crippen molar-refractivity contribution in [2.24, 2.45) is 0 Å². The van der Waals surface area contributed by atoms with Crippen LogP contribution in [0.4, 0.5) is 5.82 Å². The van der Waals surface area contributed by atoms with Crippen LogP contribution >= 0.6 is 11.3 Å². The first kappa shape index (κ1) is 9.80. The van der Waals surface area contributed by atoms with E-state index in [0.717, 1.165) is 30.1 Å². The number of aromatic nitrogens is 3. The summed E-state index contributed by atoms with van der Waals surface area (Å²) in [6.45, 7) is 2.07. The number of fused-ring (bicyclic) bond motifs is 1. The number of H-pyrrole nitrogens is 1. The second kappa shape index (κ2) is 3.57. The van der Waals surface area contributed by atoms with Gasteiger partial charge in [-0.05, 0) is 7.05 Å². The number of anilines is 1. The van der Waals surface area contributed by atoms with Crippen molar-refractivity contribution in [2.45, 2.75) is 13.0 Å². The molecule has 0 radical (unpaired) electrons. The molecule has 0 amide bonds. The lowest BCUT2D eigenvalue weighted by Crippen LogP contribution is -2.25. The third-order valence-corrected chi connectivity index (χ3v) is 3.94. The van der Waals surface area contributed by atoms with E-state index in [1.807, 2.05) is 0 Å². The first-order valence-corrected chi connectivity index (χ1v) is 6.02. The molecule has 0 bridgehead atoms. The van der Waals surface area contributed by atoms with Crippen molar-refractivity contribution in [3.63, 3.8) is 0 Å². The smallest absolute Gasteiger partial charge is 0.129 e. The molecule has 84 valence electrons. The van der Waals surface area contributed by atoms with Crippen molar-refractivity contribution in [3.8, 4) is 10.6 Å². The molecule has 2 aromatic rings. The van der Waals surface area contributed by atoms with Crippen LogP contribution in [0.15, 0.2) is 6.20 Å². The van der Waals surface area contributed by atoms with Gasteiger partial charge in [-0.2, -0.15) is 5.10 Å². The summed E-state index contributed by atoms with van der Waals surface area (Å²) >= 11 is 1.72. The molecular formula is C10H13N5S. The predicted molar refractivity (Wildman–Crippen MR) is 64.1 cm³/mol. The molecule has 2 aromatic heterocycles. The van der Waals surface area contributed by atoms with Crippen LogP contribution in [0.2, 0.25) is 0 Å². The monoisotopic (exact) mass is 235 g/mol. The Morgan fingerprint density at radius 1 is 1.56 bits per heavy atom. The first-order chi connectivity index (χ1) is 7.74. The summed E-state index contributed by atoms with van der Waals surface area (Å²) in [7, 11) is 2.13. The van der Waals surface area contributed by atoms with Crippen molar-refractivity contribution in [2.75, 3.05) is 19.3 Å². The van der Waals surface area contributed by atoms with Gasteiger partial charge in [-0.25, -0.2) is 4.98 Å². The van der Waals surface area contributed by atoms with Crippen LogP contribution in [0.3, 0.4) is 0 Å². The third kappa shape index (κ3) is 1.50. The highest BCUT2D eigenvalue weighted by Crippen LogP contribution is 2.33.